The van der Waals surface area contributed by atoms with Crippen molar-refractivity contribution in [2.45, 2.75) is 6.54 Å². The quantitative estimate of drug-likeness (QED) is 0.292. The Morgan fingerprint density at radius 1 is 1.15 bits per heavy atom. The molecule has 0 saturated heterocycles. The monoisotopic (exact) mass is 380 g/mol. The van der Waals surface area contributed by atoms with Crippen LogP contribution in [0.3, 0.4) is 0 Å². The third-order valence-corrected chi connectivity index (χ3v) is 3.86. The highest BCUT2D eigenvalue weighted by Gasteiger charge is 2.09. The number of nitro benzene ring substituents is 1. The van der Waals surface area contributed by atoms with Crippen molar-refractivity contribution in [1.82, 2.24) is 10.7 Å². The van der Waals surface area contributed by atoms with Gasteiger partial charge in [-0.25, -0.2) is 0 Å². The van der Waals surface area contributed by atoms with Crippen LogP contribution in [0.5, 0.6) is 0 Å². The number of furan rings is 1. The van der Waals surface area contributed by atoms with Crippen molar-refractivity contribution in [2.75, 3.05) is 0 Å². The number of hydrogen-bond acceptors (Lipinski definition) is 5. The first-order valence-electron chi connectivity index (χ1n) is 8.07. The van der Waals surface area contributed by atoms with E-state index in [2.05, 4.69) is 15.8 Å². The van der Waals surface area contributed by atoms with Crippen LogP contribution >= 0.6 is 12.2 Å². The summed E-state index contributed by atoms with van der Waals surface area (Å²) in [5, 5.41) is 18.3. The average molecular weight is 380 g/mol. The van der Waals surface area contributed by atoms with E-state index in [9.17, 15) is 10.1 Å². The van der Waals surface area contributed by atoms with Crippen molar-refractivity contribution >= 4 is 29.2 Å². The zero-order valence-corrected chi connectivity index (χ0v) is 15.0. The van der Waals surface area contributed by atoms with Crippen molar-refractivity contribution in [3.05, 3.63) is 88.2 Å². The minimum absolute atomic E-state index is 0.00984. The molecule has 1 heterocycles. The zero-order chi connectivity index (χ0) is 19.1. The topological polar surface area (TPSA) is 92.7 Å². The fourth-order valence-corrected chi connectivity index (χ4v) is 2.45. The van der Waals surface area contributed by atoms with Gasteiger partial charge in [-0.3, -0.25) is 15.5 Å². The number of non-ortho nitro benzene ring substituents is 1. The molecular weight excluding hydrogens is 364 g/mol. The van der Waals surface area contributed by atoms with E-state index >= 15 is 0 Å². The van der Waals surface area contributed by atoms with Gasteiger partial charge in [0.2, 0.25) is 0 Å². The molecule has 2 N–H and O–H groups in total. The molecule has 0 aliphatic rings. The Morgan fingerprint density at radius 2 is 1.96 bits per heavy atom. The Labute approximate surface area is 160 Å². The third-order valence-electron chi connectivity index (χ3n) is 3.62. The normalized spacial score (nSPS) is 10.7. The zero-order valence-electron chi connectivity index (χ0n) is 14.2. The van der Waals surface area contributed by atoms with Gasteiger partial charge in [-0.1, -0.05) is 42.5 Å². The Morgan fingerprint density at radius 3 is 2.74 bits per heavy atom. The van der Waals surface area contributed by atoms with Crippen LogP contribution in [0.1, 0.15) is 11.3 Å². The summed E-state index contributed by atoms with van der Waals surface area (Å²) in [7, 11) is 0. The second kappa shape index (κ2) is 8.72. The molecule has 3 aromatic rings. The molecule has 0 aliphatic carbocycles. The predicted molar refractivity (Wildman–Crippen MR) is 107 cm³/mol. The number of hydrazone groups is 1. The number of thiocarbonyl (C=S) groups is 1. The molecule has 27 heavy (non-hydrogen) atoms. The highest BCUT2D eigenvalue weighted by Crippen LogP contribution is 2.25. The minimum atomic E-state index is -0.442. The Bertz CT molecular complexity index is 970. The molecule has 0 atom stereocenters. The largest absolute Gasteiger partial charge is 0.455 e. The molecule has 3 rings (SSSR count). The highest BCUT2D eigenvalue weighted by molar-refractivity contribution is 7.80. The first-order valence-corrected chi connectivity index (χ1v) is 8.48. The van der Waals surface area contributed by atoms with Crippen molar-refractivity contribution in [2.24, 2.45) is 5.10 Å². The summed E-state index contributed by atoms with van der Waals surface area (Å²) in [5.41, 5.74) is 4.46. The smallest absolute Gasteiger partial charge is 0.270 e. The van der Waals surface area contributed by atoms with Gasteiger partial charge in [0.15, 0.2) is 5.11 Å². The predicted octanol–water partition coefficient (Wildman–Crippen LogP) is 3.85. The molecule has 0 aliphatic heterocycles. The lowest BCUT2D eigenvalue weighted by Crippen LogP contribution is -2.31. The summed E-state index contributed by atoms with van der Waals surface area (Å²) in [6, 6.07) is 19.6. The lowest BCUT2D eigenvalue weighted by Gasteiger charge is -2.06. The van der Waals surface area contributed by atoms with Crippen LogP contribution in [0, 0.1) is 10.1 Å². The van der Waals surface area contributed by atoms with E-state index in [-0.39, 0.29) is 5.69 Å². The van der Waals surface area contributed by atoms with Crippen LogP contribution in [-0.4, -0.2) is 16.3 Å². The van der Waals surface area contributed by atoms with Crippen LogP contribution in [0.4, 0.5) is 5.69 Å². The Kier molecular flexibility index (Phi) is 5.91. The van der Waals surface area contributed by atoms with Gasteiger partial charge in [0.05, 0.1) is 11.1 Å². The lowest BCUT2D eigenvalue weighted by atomic mass is 10.1. The maximum Gasteiger partial charge on any atom is 0.270 e. The van der Waals surface area contributed by atoms with Gasteiger partial charge in [-0.05, 0) is 29.9 Å². The highest BCUT2D eigenvalue weighted by atomic mass is 32.1. The first-order chi connectivity index (χ1) is 13.1. The van der Waals surface area contributed by atoms with Gasteiger partial charge < -0.3 is 9.73 Å². The van der Waals surface area contributed by atoms with Crippen LogP contribution in [0.25, 0.3) is 11.3 Å². The van der Waals surface area contributed by atoms with Gasteiger partial charge in [0, 0.05) is 24.2 Å². The molecule has 0 bridgehead atoms. The van der Waals surface area contributed by atoms with E-state index in [0.717, 1.165) is 5.56 Å². The number of benzene rings is 2. The fourth-order valence-electron chi connectivity index (χ4n) is 2.32. The second-order valence-electron chi connectivity index (χ2n) is 5.55. The van der Waals surface area contributed by atoms with Crippen LogP contribution in [0.2, 0.25) is 0 Å². The molecule has 0 unspecified atom stereocenters. The van der Waals surface area contributed by atoms with Gasteiger partial charge in [0.1, 0.15) is 11.5 Å². The summed E-state index contributed by atoms with van der Waals surface area (Å²) >= 11 is 5.16. The van der Waals surface area contributed by atoms with E-state index in [1.807, 2.05) is 30.3 Å². The Hall–Kier alpha value is -3.52. The Balaban J connectivity index is 1.55. The van der Waals surface area contributed by atoms with Crippen molar-refractivity contribution in [3.8, 4) is 11.3 Å². The molecule has 0 spiro atoms. The summed E-state index contributed by atoms with van der Waals surface area (Å²) in [6.07, 6.45) is 1.48. The molecule has 1 aromatic heterocycles. The summed E-state index contributed by atoms with van der Waals surface area (Å²) in [5.74, 6) is 1.01. The molecule has 7 nitrogen and oxygen atoms in total. The van der Waals surface area contributed by atoms with Crippen LogP contribution in [-0.2, 0) is 6.54 Å². The number of hydrogen-bond donors (Lipinski definition) is 2. The molecule has 8 heteroatoms. The van der Waals surface area contributed by atoms with Crippen LogP contribution < -0.4 is 10.7 Å². The van der Waals surface area contributed by atoms with E-state index in [1.165, 1.54) is 18.3 Å². The van der Waals surface area contributed by atoms with E-state index in [0.29, 0.717) is 28.7 Å². The third kappa shape index (κ3) is 5.23. The summed E-state index contributed by atoms with van der Waals surface area (Å²) in [4.78, 5) is 10.4. The molecule has 2 aromatic carbocycles. The number of nitrogens with one attached hydrogen (secondary N) is 2. The van der Waals surface area contributed by atoms with Gasteiger partial charge in [-0.2, -0.15) is 5.10 Å². The molecule has 136 valence electrons. The summed E-state index contributed by atoms with van der Waals surface area (Å²) < 4.78 is 5.64. The second-order valence-corrected chi connectivity index (χ2v) is 5.96. The lowest BCUT2D eigenvalue weighted by molar-refractivity contribution is -0.384. The first kappa shape index (κ1) is 18.3. The van der Waals surface area contributed by atoms with Gasteiger partial charge >= 0.3 is 0 Å². The molecule has 0 amide bonds. The maximum absolute atomic E-state index is 10.9. The average Bonchev–Trinajstić information content (AvgIpc) is 3.16. The fraction of sp³-hybridized carbons (Fsp3) is 0.0526. The van der Waals surface area contributed by atoms with Gasteiger partial charge in [0.25, 0.3) is 5.69 Å². The molecular formula is C19H16N4O3S. The van der Waals surface area contributed by atoms with Crippen LogP contribution in [0.15, 0.2) is 76.2 Å². The summed E-state index contributed by atoms with van der Waals surface area (Å²) in [6.45, 7) is 0.597. The van der Waals surface area contributed by atoms with E-state index in [1.54, 1.807) is 24.3 Å². The minimum Gasteiger partial charge on any atom is -0.455 e. The van der Waals surface area contributed by atoms with Crippen molar-refractivity contribution < 1.29 is 9.34 Å². The molecule has 0 saturated carbocycles. The number of nitro groups is 1. The standard InChI is InChI=1S/C19H16N4O3S/c24-23(25)16-8-4-7-15(11-16)18-10-9-17(26-18)13-21-22-19(27)20-12-14-5-2-1-3-6-14/h1-11,13H,12H2,(H2,20,22,27)/b21-13-. The van der Waals surface area contributed by atoms with Gasteiger partial charge in [-0.15, -0.1) is 0 Å². The number of nitrogens with zero attached hydrogens (tertiary/aromatic N) is 2. The SMILES string of the molecule is O=[N+]([O-])c1cccc(-c2ccc(/C=N\NC(=S)NCc3ccccc3)o2)c1. The molecule has 0 radical (unpaired) electrons. The van der Waals surface area contributed by atoms with Crippen molar-refractivity contribution in [3.63, 3.8) is 0 Å². The van der Waals surface area contributed by atoms with Crippen molar-refractivity contribution in [1.29, 1.82) is 0 Å². The maximum atomic E-state index is 10.9. The van der Waals surface area contributed by atoms with E-state index in [4.69, 9.17) is 16.6 Å². The van der Waals surface area contributed by atoms with E-state index < -0.39 is 4.92 Å². The molecule has 0 fully saturated rings. The number of rotatable bonds is 6.